The molecule has 0 aliphatic rings. The molecule has 0 saturated carbocycles. The molecule has 0 aliphatic heterocycles. The summed E-state index contributed by atoms with van der Waals surface area (Å²) in [5.74, 6) is 0. The van der Waals surface area contributed by atoms with E-state index in [1.165, 1.54) is 17.8 Å². The number of anilines is 2. The minimum absolute atomic E-state index is 0.0610. The van der Waals surface area contributed by atoms with Gasteiger partial charge >= 0.3 is 0 Å². The van der Waals surface area contributed by atoms with Crippen molar-refractivity contribution in [1.82, 2.24) is 0 Å². The van der Waals surface area contributed by atoms with Crippen molar-refractivity contribution in [2.75, 3.05) is 11.5 Å². The van der Waals surface area contributed by atoms with Gasteiger partial charge < -0.3 is 11.5 Å². The van der Waals surface area contributed by atoms with E-state index in [1.54, 1.807) is 24.3 Å². The molecule has 0 amide bonds. The predicted octanol–water partition coefficient (Wildman–Crippen LogP) is 1.65. The molecule has 0 atom stereocenters. The molecule has 19 heavy (non-hydrogen) atoms. The molecule has 0 bridgehead atoms. The van der Waals surface area contributed by atoms with Crippen LogP contribution in [0.1, 0.15) is 0 Å². The Hall–Kier alpha value is -1.70. The van der Waals surface area contributed by atoms with Crippen LogP contribution in [-0.2, 0) is 10.0 Å². The number of nitrogens with two attached hydrogens (primary N) is 3. The van der Waals surface area contributed by atoms with Gasteiger partial charge in [-0.3, -0.25) is 0 Å². The largest absolute Gasteiger partial charge is 0.399 e. The van der Waals surface area contributed by atoms with E-state index in [0.29, 0.717) is 5.69 Å². The van der Waals surface area contributed by atoms with Crippen LogP contribution in [-0.4, -0.2) is 8.42 Å². The van der Waals surface area contributed by atoms with E-state index in [-0.39, 0.29) is 10.6 Å². The number of sulfonamides is 1. The molecular weight excluding hydrogens is 282 g/mol. The van der Waals surface area contributed by atoms with Gasteiger partial charge in [-0.15, -0.1) is 0 Å². The number of primary sulfonamides is 1. The van der Waals surface area contributed by atoms with E-state index in [4.69, 9.17) is 16.6 Å². The van der Waals surface area contributed by atoms with Gasteiger partial charge in [-0.1, -0.05) is 11.8 Å². The normalized spacial score (nSPS) is 11.4. The van der Waals surface area contributed by atoms with E-state index in [2.05, 4.69) is 0 Å². The molecule has 0 radical (unpaired) electrons. The van der Waals surface area contributed by atoms with Crippen molar-refractivity contribution in [2.45, 2.75) is 14.7 Å². The zero-order chi connectivity index (χ0) is 14.0. The van der Waals surface area contributed by atoms with Crippen LogP contribution in [0.15, 0.2) is 57.2 Å². The van der Waals surface area contributed by atoms with Gasteiger partial charge in [0.05, 0.1) is 5.69 Å². The van der Waals surface area contributed by atoms with Gasteiger partial charge in [0.1, 0.15) is 4.90 Å². The van der Waals surface area contributed by atoms with Crippen LogP contribution in [0, 0.1) is 0 Å². The monoisotopic (exact) mass is 295 g/mol. The quantitative estimate of drug-likeness (QED) is 0.745. The van der Waals surface area contributed by atoms with Gasteiger partial charge in [0.2, 0.25) is 10.0 Å². The molecule has 2 rings (SSSR count). The molecule has 0 aliphatic carbocycles. The number of benzene rings is 2. The maximum atomic E-state index is 11.2. The van der Waals surface area contributed by atoms with Crippen molar-refractivity contribution in [3.05, 3.63) is 42.5 Å². The van der Waals surface area contributed by atoms with Gasteiger partial charge in [0.25, 0.3) is 0 Å². The van der Waals surface area contributed by atoms with Gasteiger partial charge in [-0.25, -0.2) is 13.6 Å². The lowest BCUT2D eigenvalue weighted by Crippen LogP contribution is -2.14. The summed E-state index contributed by atoms with van der Waals surface area (Å²) in [5, 5.41) is 5.05. The van der Waals surface area contributed by atoms with E-state index in [1.807, 2.05) is 12.1 Å². The fourth-order valence-corrected chi connectivity index (χ4v) is 3.03. The second kappa shape index (κ2) is 5.12. The third-order valence-corrected chi connectivity index (χ3v) is 4.39. The molecule has 5 nitrogen and oxygen atoms in total. The highest BCUT2D eigenvalue weighted by Gasteiger charge is 2.12. The maximum absolute atomic E-state index is 11.2. The number of rotatable bonds is 3. The third-order valence-electron chi connectivity index (χ3n) is 2.40. The van der Waals surface area contributed by atoms with E-state index >= 15 is 0 Å². The first-order valence-corrected chi connectivity index (χ1v) is 7.68. The zero-order valence-electron chi connectivity index (χ0n) is 9.91. The molecule has 100 valence electrons. The average Bonchev–Trinajstić information content (AvgIpc) is 2.30. The van der Waals surface area contributed by atoms with Gasteiger partial charge in [0.15, 0.2) is 0 Å². The standard InChI is InChI=1S/C12H13N3O2S2/c13-8-1-3-9(4-2-8)18-10-5-6-12(11(14)7-10)19(15,16)17/h1-7H,13-14H2,(H2,15,16,17). The Morgan fingerprint density at radius 1 is 0.895 bits per heavy atom. The number of nitrogen functional groups attached to an aromatic ring is 2. The van der Waals surface area contributed by atoms with Crippen molar-refractivity contribution < 1.29 is 8.42 Å². The van der Waals surface area contributed by atoms with Gasteiger partial charge in [-0.2, -0.15) is 0 Å². The summed E-state index contributed by atoms with van der Waals surface area (Å²) in [6, 6.07) is 12.0. The lowest BCUT2D eigenvalue weighted by molar-refractivity contribution is 0.598. The van der Waals surface area contributed by atoms with Gasteiger partial charge in [-0.05, 0) is 42.5 Å². The van der Waals surface area contributed by atoms with Gasteiger partial charge in [0, 0.05) is 15.5 Å². The fraction of sp³-hybridized carbons (Fsp3) is 0. The zero-order valence-corrected chi connectivity index (χ0v) is 11.5. The van der Waals surface area contributed by atoms with Crippen LogP contribution in [0.3, 0.4) is 0 Å². The predicted molar refractivity (Wildman–Crippen MR) is 77.2 cm³/mol. The average molecular weight is 295 g/mol. The minimum atomic E-state index is -3.78. The maximum Gasteiger partial charge on any atom is 0.240 e. The second-order valence-electron chi connectivity index (χ2n) is 3.92. The molecule has 7 heteroatoms. The summed E-state index contributed by atoms with van der Waals surface area (Å²) in [5.41, 5.74) is 12.1. The topological polar surface area (TPSA) is 112 Å². The molecule has 6 N–H and O–H groups in total. The molecule has 0 unspecified atom stereocenters. The fourth-order valence-electron chi connectivity index (χ4n) is 1.52. The van der Waals surface area contributed by atoms with Crippen molar-refractivity contribution in [1.29, 1.82) is 0 Å². The molecule has 0 fully saturated rings. The Labute approximate surface area is 115 Å². The Kier molecular flexibility index (Phi) is 3.70. The Bertz CT molecular complexity index is 697. The number of hydrogen-bond donors (Lipinski definition) is 3. The second-order valence-corrected chi connectivity index (χ2v) is 6.59. The highest BCUT2D eigenvalue weighted by molar-refractivity contribution is 7.99. The minimum Gasteiger partial charge on any atom is -0.399 e. The first kappa shape index (κ1) is 13.7. The lowest BCUT2D eigenvalue weighted by atomic mass is 10.3. The molecule has 2 aromatic carbocycles. The summed E-state index contributed by atoms with van der Waals surface area (Å²) < 4.78 is 22.5. The lowest BCUT2D eigenvalue weighted by Gasteiger charge is -2.06. The highest BCUT2D eigenvalue weighted by atomic mass is 32.2. The van der Waals surface area contributed by atoms with Crippen molar-refractivity contribution >= 4 is 33.2 Å². The summed E-state index contributed by atoms with van der Waals surface area (Å²) in [6.07, 6.45) is 0. The van der Waals surface area contributed by atoms with Crippen molar-refractivity contribution in [2.24, 2.45) is 5.14 Å². The molecule has 0 heterocycles. The Morgan fingerprint density at radius 2 is 1.47 bits per heavy atom. The smallest absolute Gasteiger partial charge is 0.240 e. The summed E-state index contributed by atoms with van der Waals surface area (Å²) in [4.78, 5) is 1.75. The molecule has 0 aromatic heterocycles. The molecule has 0 saturated heterocycles. The third kappa shape index (κ3) is 3.40. The van der Waals surface area contributed by atoms with Crippen LogP contribution in [0.4, 0.5) is 11.4 Å². The van der Waals surface area contributed by atoms with Crippen LogP contribution < -0.4 is 16.6 Å². The van der Waals surface area contributed by atoms with Crippen LogP contribution in [0.5, 0.6) is 0 Å². The van der Waals surface area contributed by atoms with Crippen LogP contribution in [0.2, 0.25) is 0 Å². The Morgan fingerprint density at radius 3 is 2.00 bits per heavy atom. The van der Waals surface area contributed by atoms with Crippen molar-refractivity contribution in [3.8, 4) is 0 Å². The molecular formula is C12H13N3O2S2. The van der Waals surface area contributed by atoms with Crippen molar-refractivity contribution in [3.63, 3.8) is 0 Å². The van der Waals surface area contributed by atoms with Crippen LogP contribution >= 0.6 is 11.8 Å². The number of hydrogen-bond acceptors (Lipinski definition) is 5. The highest BCUT2D eigenvalue weighted by Crippen LogP contribution is 2.31. The summed E-state index contributed by atoms with van der Waals surface area (Å²) >= 11 is 1.46. The van der Waals surface area contributed by atoms with E-state index in [9.17, 15) is 8.42 Å². The van der Waals surface area contributed by atoms with Crippen LogP contribution in [0.25, 0.3) is 0 Å². The molecule has 0 spiro atoms. The summed E-state index contributed by atoms with van der Waals surface area (Å²) in [7, 11) is -3.78. The first-order chi connectivity index (χ1) is 8.86. The molecule has 2 aromatic rings. The SMILES string of the molecule is Nc1ccc(Sc2ccc(S(N)(=O)=O)c(N)c2)cc1. The van der Waals surface area contributed by atoms with E-state index in [0.717, 1.165) is 9.79 Å². The summed E-state index contributed by atoms with van der Waals surface area (Å²) in [6.45, 7) is 0. The Balaban J connectivity index is 2.28. The first-order valence-electron chi connectivity index (χ1n) is 5.32. The van der Waals surface area contributed by atoms with E-state index < -0.39 is 10.0 Å².